The monoisotopic (exact) mass is 338 g/mol. The van der Waals surface area contributed by atoms with Gasteiger partial charge in [0.25, 0.3) is 10.2 Å². The summed E-state index contributed by atoms with van der Waals surface area (Å²) in [5.41, 5.74) is 1.10. The topological polar surface area (TPSA) is 56.8 Å². The normalized spacial score (nSPS) is 22.3. The number of hydrogen-bond acceptors (Lipinski definition) is 4. The van der Waals surface area contributed by atoms with Crippen LogP contribution in [0.2, 0.25) is 0 Å². The Bertz CT molecular complexity index is 587. The first-order valence-corrected chi connectivity index (χ1v) is 9.93. The SMILES string of the molecule is O=S(=O)(N1CCCC1)N1CCCN(CCc2ccccn2)CC1. The van der Waals surface area contributed by atoms with Gasteiger partial charge in [0.1, 0.15) is 0 Å². The van der Waals surface area contributed by atoms with Gasteiger partial charge in [0.05, 0.1) is 0 Å². The molecule has 2 aliphatic rings. The highest BCUT2D eigenvalue weighted by Gasteiger charge is 2.32. The Hall–Kier alpha value is -1.02. The van der Waals surface area contributed by atoms with Crippen LogP contribution >= 0.6 is 0 Å². The maximum atomic E-state index is 12.7. The van der Waals surface area contributed by atoms with Crippen molar-refractivity contribution in [2.45, 2.75) is 25.7 Å². The fraction of sp³-hybridized carbons (Fsp3) is 0.688. The van der Waals surface area contributed by atoms with E-state index < -0.39 is 10.2 Å². The van der Waals surface area contributed by atoms with E-state index in [0.29, 0.717) is 26.2 Å². The molecule has 0 atom stereocenters. The molecule has 0 aliphatic carbocycles. The van der Waals surface area contributed by atoms with Gasteiger partial charge in [-0.15, -0.1) is 0 Å². The number of rotatable bonds is 5. The first kappa shape index (κ1) is 16.8. The first-order chi connectivity index (χ1) is 11.2. The van der Waals surface area contributed by atoms with Crippen LogP contribution in [0.5, 0.6) is 0 Å². The van der Waals surface area contributed by atoms with E-state index in [0.717, 1.165) is 51.0 Å². The predicted octanol–water partition coefficient (Wildman–Crippen LogP) is 0.972. The van der Waals surface area contributed by atoms with Crippen molar-refractivity contribution < 1.29 is 8.42 Å². The van der Waals surface area contributed by atoms with Gasteiger partial charge in [-0.1, -0.05) is 6.07 Å². The fourth-order valence-electron chi connectivity index (χ4n) is 3.30. The average Bonchev–Trinajstić information content (AvgIpc) is 3.01. The quantitative estimate of drug-likeness (QED) is 0.803. The van der Waals surface area contributed by atoms with Crippen LogP contribution in [0.15, 0.2) is 24.4 Å². The highest BCUT2D eigenvalue weighted by atomic mass is 32.2. The molecule has 7 heteroatoms. The molecule has 0 N–H and O–H groups in total. The van der Waals surface area contributed by atoms with Crippen LogP contribution in [-0.2, 0) is 16.6 Å². The third-order valence-corrected chi connectivity index (χ3v) is 6.71. The Labute approximate surface area is 139 Å². The molecule has 0 radical (unpaired) electrons. The highest BCUT2D eigenvalue weighted by molar-refractivity contribution is 7.86. The summed E-state index contributed by atoms with van der Waals surface area (Å²) < 4.78 is 28.6. The molecule has 1 aromatic heterocycles. The van der Waals surface area contributed by atoms with Crippen LogP contribution in [0.1, 0.15) is 25.0 Å². The van der Waals surface area contributed by atoms with Gasteiger partial charge in [-0.05, 0) is 37.9 Å². The second-order valence-corrected chi connectivity index (χ2v) is 8.21. The molecule has 1 aromatic rings. The molecule has 3 heterocycles. The lowest BCUT2D eigenvalue weighted by Gasteiger charge is -2.26. The lowest BCUT2D eigenvalue weighted by atomic mass is 10.2. The summed E-state index contributed by atoms with van der Waals surface area (Å²) in [6, 6.07) is 5.98. The molecule has 0 bridgehead atoms. The van der Waals surface area contributed by atoms with Crippen molar-refractivity contribution >= 4 is 10.2 Å². The third kappa shape index (κ3) is 4.29. The molecule has 23 heavy (non-hydrogen) atoms. The van der Waals surface area contributed by atoms with Gasteiger partial charge in [0.15, 0.2) is 0 Å². The van der Waals surface area contributed by atoms with E-state index in [1.807, 2.05) is 24.4 Å². The van der Waals surface area contributed by atoms with Crippen LogP contribution in [0.4, 0.5) is 0 Å². The molecular weight excluding hydrogens is 312 g/mol. The summed E-state index contributed by atoms with van der Waals surface area (Å²) in [6.07, 6.45) is 5.61. The Morgan fingerprint density at radius 3 is 2.39 bits per heavy atom. The van der Waals surface area contributed by atoms with Crippen molar-refractivity contribution in [2.75, 3.05) is 45.8 Å². The molecule has 0 saturated carbocycles. The second-order valence-electron chi connectivity index (χ2n) is 6.28. The standard InChI is InChI=1S/C16H26N4O2S/c21-23(22,19-10-3-4-11-19)20-12-5-9-18(14-15-20)13-7-16-6-1-2-8-17-16/h1-2,6,8H,3-5,7,9-15H2. The van der Waals surface area contributed by atoms with Crippen molar-refractivity contribution in [3.63, 3.8) is 0 Å². The minimum atomic E-state index is -3.25. The summed E-state index contributed by atoms with van der Waals surface area (Å²) >= 11 is 0. The summed E-state index contributed by atoms with van der Waals surface area (Å²) in [4.78, 5) is 6.71. The summed E-state index contributed by atoms with van der Waals surface area (Å²) in [5.74, 6) is 0. The Kier molecular flexibility index (Phi) is 5.63. The third-order valence-electron chi connectivity index (χ3n) is 4.68. The van der Waals surface area contributed by atoms with Crippen LogP contribution in [-0.4, -0.2) is 72.7 Å². The zero-order valence-electron chi connectivity index (χ0n) is 13.6. The Morgan fingerprint density at radius 2 is 1.65 bits per heavy atom. The molecule has 0 spiro atoms. The minimum absolute atomic E-state index is 0.598. The summed E-state index contributed by atoms with van der Waals surface area (Å²) in [5, 5.41) is 0. The highest BCUT2D eigenvalue weighted by Crippen LogP contribution is 2.18. The summed E-state index contributed by atoms with van der Waals surface area (Å²) in [6.45, 7) is 5.30. The molecule has 128 valence electrons. The van der Waals surface area contributed by atoms with E-state index >= 15 is 0 Å². The Balaban J connectivity index is 1.52. The van der Waals surface area contributed by atoms with Crippen LogP contribution < -0.4 is 0 Å². The maximum Gasteiger partial charge on any atom is 0.282 e. The van der Waals surface area contributed by atoms with Gasteiger partial charge in [-0.25, -0.2) is 0 Å². The molecule has 6 nitrogen and oxygen atoms in total. The number of nitrogens with zero attached hydrogens (tertiary/aromatic N) is 4. The lowest BCUT2D eigenvalue weighted by molar-refractivity contribution is 0.287. The first-order valence-electron chi connectivity index (χ1n) is 8.54. The molecule has 0 unspecified atom stereocenters. The van der Waals surface area contributed by atoms with E-state index in [1.165, 1.54) is 0 Å². The zero-order valence-corrected chi connectivity index (χ0v) is 14.4. The predicted molar refractivity (Wildman–Crippen MR) is 90.3 cm³/mol. The van der Waals surface area contributed by atoms with Crippen LogP contribution in [0.3, 0.4) is 0 Å². The maximum absolute atomic E-state index is 12.7. The van der Waals surface area contributed by atoms with Crippen molar-refractivity contribution in [2.24, 2.45) is 0 Å². The van der Waals surface area contributed by atoms with Gasteiger partial charge < -0.3 is 4.90 Å². The van der Waals surface area contributed by atoms with Gasteiger partial charge in [-0.2, -0.15) is 17.0 Å². The number of aromatic nitrogens is 1. The Morgan fingerprint density at radius 1 is 0.913 bits per heavy atom. The summed E-state index contributed by atoms with van der Waals surface area (Å²) in [7, 11) is -3.25. The molecule has 2 saturated heterocycles. The molecule has 3 rings (SSSR count). The van der Waals surface area contributed by atoms with Gasteiger partial charge in [-0.3, -0.25) is 4.98 Å². The fourth-order valence-corrected chi connectivity index (χ4v) is 5.02. The molecular formula is C16H26N4O2S. The second kappa shape index (κ2) is 7.70. The van der Waals surface area contributed by atoms with Crippen molar-refractivity contribution in [3.8, 4) is 0 Å². The van der Waals surface area contributed by atoms with E-state index in [9.17, 15) is 8.42 Å². The molecule has 2 aliphatic heterocycles. The van der Waals surface area contributed by atoms with Crippen LogP contribution in [0, 0.1) is 0 Å². The van der Waals surface area contributed by atoms with Crippen molar-refractivity contribution in [1.29, 1.82) is 0 Å². The van der Waals surface area contributed by atoms with E-state index in [-0.39, 0.29) is 0 Å². The average molecular weight is 338 g/mol. The molecule has 0 amide bonds. The van der Waals surface area contributed by atoms with Crippen molar-refractivity contribution in [3.05, 3.63) is 30.1 Å². The number of hydrogen-bond donors (Lipinski definition) is 0. The molecule has 2 fully saturated rings. The molecule has 0 aromatic carbocycles. The van der Waals surface area contributed by atoms with Gasteiger partial charge in [0.2, 0.25) is 0 Å². The lowest BCUT2D eigenvalue weighted by Crippen LogP contribution is -2.44. The zero-order chi connectivity index (χ0) is 16.1. The van der Waals surface area contributed by atoms with Gasteiger partial charge in [0, 0.05) is 57.6 Å². The van der Waals surface area contributed by atoms with Gasteiger partial charge >= 0.3 is 0 Å². The van der Waals surface area contributed by atoms with E-state index in [2.05, 4.69) is 9.88 Å². The minimum Gasteiger partial charge on any atom is -0.302 e. The largest absolute Gasteiger partial charge is 0.302 e. The van der Waals surface area contributed by atoms with Crippen LogP contribution in [0.25, 0.3) is 0 Å². The number of pyridine rings is 1. The van der Waals surface area contributed by atoms with E-state index in [1.54, 1.807) is 8.61 Å². The van der Waals surface area contributed by atoms with Crippen molar-refractivity contribution in [1.82, 2.24) is 18.5 Å². The smallest absolute Gasteiger partial charge is 0.282 e. The van der Waals surface area contributed by atoms with E-state index in [4.69, 9.17) is 0 Å².